The molecule has 1 aliphatic carbocycles. The lowest BCUT2D eigenvalue weighted by Crippen LogP contribution is -2.44. The van der Waals surface area contributed by atoms with E-state index >= 15 is 0 Å². The third-order valence-electron chi connectivity index (χ3n) is 5.79. The Morgan fingerprint density at radius 2 is 1.56 bits per heavy atom. The lowest BCUT2D eigenvalue weighted by molar-refractivity contribution is -0.142. The Morgan fingerprint density at radius 1 is 0.969 bits per heavy atom. The fourth-order valence-corrected chi connectivity index (χ4v) is 4.42. The van der Waals surface area contributed by atoms with Crippen LogP contribution in [0.25, 0.3) is 11.1 Å². The molecule has 1 aliphatic rings. The fourth-order valence-electron chi connectivity index (χ4n) is 4.10. The molecule has 3 aromatic carbocycles. The Morgan fingerprint density at radius 3 is 2.12 bits per heavy atom. The van der Waals surface area contributed by atoms with E-state index in [1.807, 2.05) is 36.4 Å². The maximum Gasteiger partial charge on any atom is 0.410 e. The normalized spacial score (nSPS) is 13.2. The van der Waals surface area contributed by atoms with Crippen molar-refractivity contribution in [1.82, 2.24) is 4.90 Å². The first-order valence-electron chi connectivity index (χ1n) is 10.1. The van der Waals surface area contributed by atoms with Crippen LogP contribution in [0.2, 0.25) is 10.0 Å². The van der Waals surface area contributed by atoms with Crippen LogP contribution in [0, 0.1) is 0 Å². The van der Waals surface area contributed by atoms with E-state index in [0.717, 1.165) is 27.2 Å². The number of carboxylic acid groups (broad SMARTS) is 1. The van der Waals surface area contributed by atoms with Crippen LogP contribution in [-0.2, 0) is 16.0 Å². The zero-order valence-corrected chi connectivity index (χ0v) is 18.8. The molecule has 0 fully saturated rings. The molecule has 3 aromatic rings. The second-order valence-electron chi connectivity index (χ2n) is 7.72. The number of carbonyl (C=O) groups excluding carboxylic acids is 1. The van der Waals surface area contributed by atoms with Crippen molar-refractivity contribution in [3.63, 3.8) is 0 Å². The highest BCUT2D eigenvalue weighted by molar-refractivity contribution is 6.42. The molecule has 0 aromatic heterocycles. The van der Waals surface area contributed by atoms with E-state index in [-0.39, 0.29) is 18.9 Å². The molecule has 1 atom stereocenters. The Labute approximate surface area is 196 Å². The smallest absolute Gasteiger partial charge is 0.410 e. The number of fused-ring (bicyclic) bond motifs is 3. The van der Waals surface area contributed by atoms with Crippen LogP contribution in [-0.4, -0.2) is 41.8 Å². The molecule has 164 valence electrons. The molecule has 0 radical (unpaired) electrons. The van der Waals surface area contributed by atoms with Crippen molar-refractivity contribution >= 4 is 35.3 Å². The van der Waals surface area contributed by atoms with Crippen molar-refractivity contribution in [2.75, 3.05) is 13.7 Å². The number of benzene rings is 3. The highest BCUT2D eigenvalue weighted by Crippen LogP contribution is 2.44. The molecule has 0 heterocycles. The molecule has 0 saturated carbocycles. The van der Waals surface area contributed by atoms with Crippen LogP contribution in [0.3, 0.4) is 0 Å². The van der Waals surface area contributed by atoms with Gasteiger partial charge in [0, 0.05) is 19.4 Å². The van der Waals surface area contributed by atoms with Gasteiger partial charge < -0.3 is 9.84 Å². The van der Waals surface area contributed by atoms with E-state index in [1.54, 1.807) is 18.2 Å². The molecule has 0 spiro atoms. The van der Waals surface area contributed by atoms with Crippen molar-refractivity contribution in [2.45, 2.75) is 18.4 Å². The number of amides is 1. The van der Waals surface area contributed by atoms with E-state index in [4.69, 9.17) is 27.9 Å². The maximum absolute atomic E-state index is 12.8. The first-order chi connectivity index (χ1) is 15.4. The maximum atomic E-state index is 12.8. The molecule has 0 aliphatic heterocycles. The third-order valence-corrected chi connectivity index (χ3v) is 6.53. The molecule has 32 heavy (non-hydrogen) atoms. The summed E-state index contributed by atoms with van der Waals surface area (Å²) in [6, 6.07) is 19.8. The summed E-state index contributed by atoms with van der Waals surface area (Å²) in [7, 11) is 1.43. The number of halogens is 2. The van der Waals surface area contributed by atoms with E-state index in [1.165, 1.54) is 7.05 Å². The van der Waals surface area contributed by atoms with E-state index < -0.39 is 18.1 Å². The first kappa shape index (κ1) is 22.2. The third kappa shape index (κ3) is 4.31. The number of carboxylic acids is 1. The topological polar surface area (TPSA) is 66.8 Å². The average Bonchev–Trinajstić information content (AvgIpc) is 3.11. The van der Waals surface area contributed by atoms with Crippen molar-refractivity contribution < 1.29 is 19.4 Å². The number of hydrogen-bond donors (Lipinski definition) is 1. The number of aliphatic carboxylic acids is 1. The number of nitrogens with zero attached hydrogens (tertiary/aromatic N) is 1. The average molecular weight is 470 g/mol. The van der Waals surface area contributed by atoms with Crippen LogP contribution < -0.4 is 0 Å². The molecule has 1 N–H and O–H groups in total. The van der Waals surface area contributed by atoms with Crippen molar-refractivity contribution in [1.29, 1.82) is 0 Å². The van der Waals surface area contributed by atoms with Crippen molar-refractivity contribution in [3.05, 3.63) is 93.5 Å². The monoisotopic (exact) mass is 469 g/mol. The largest absolute Gasteiger partial charge is 0.480 e. The Bertz CT molecular complexity index is 1130. The summed E-state index contributed by atoms with van der Waals surface area (Å²) in [5.74, 6) is -1.23. The molecule has 4 rings (SSSR count). The molecular weight excluding hydrogens is 449 g/mol. The summed E-state index contributed by atoms with van der Waals surface area (Å²) < 4.78 is 5.59. The number of hydrogen-bond acceptors (Lipinski definition) is 3. The summed E-state index contributed by atoms with van der Waals surface area (Å²) in [4.78, 5) is 25.8. The summed E-state index contributed by atoms with van der Waals surface area (Å²) in [5, 5.41) is 10.4. The summed E-state index contributed by atoms with van der Waals surface area (Å²) in [6.45, 7) is 0.121. The van der Waals surface area contributed by atoms with Gasteiger partial charge in [0.05, 0.1) is 10.0 Å². The molecule has 1 amide bonds. The minimum Gasteiger partial charge on any atom is -0.480 e. The molecule has 0 saturated heterocycles. The van der Waals surface area contributed by atoms with E-state index in [2.05, 4.69) is 12.1 Å². The summed E-state index contributed by atoms with van der Waals surface area (Å²) in [5.41, 5.74) is 5.09. The quantitative estimate of drug-likeness (QED) is 0.490. The van der Waals surface area contributed by atoms with Gasteiger partial charge in [-0.2, -0.15) is 0 Å². The number of rotatable bonds is 6. The van der Waals surface area contributed by atoms with Gasteiger partial charge in [-0.3, -0.25) is 4.90 Å². The van der Waals surface area contributed by atoms with E-state index in [9.17, 15) is 14.7 Å². The van der Waals surface area contributed by atoms with Crippen molar-refractivity contribution in [3.8, 4) is 11.1 Å². The predicted molar refractivity (Wildman–Crippen MR) is 124 cm³/mol. The van der Waals surface area contributed by atoms with Crippen LogP contribution in [0.1, 0.15) is 22.6 Å². The molecular formula is C25H21Cl2NO4. The molecule has 7 heteroatoms. The zero-order valence-electron chi connectivity index (χ0n) is 17.3. The Kier molecular flexibility index (Phi) is 6.40. The van der Waals surface area contributed by atoms with Gasteiger partial charge in [0.25, 0.3) is 0 Å². The SMILES string of the molecule is CN(C(=O)OCC1c2ccccc2-c2ccccc21)[C@@H](Cc1ccc(Cl)c(Cl)c1)C(=O)O. The zero-order chi connectivity index (χ0) is 22.8. The molecule has 5 nitrogen and oxygen atoms in total. The fraction of sp³-hybridized carbons (Fsp3) is 0.200. The van der Waals surface area contributed by atoms with Crippen LogP contribution in [0.15, 0.2) is 66.7 Å². The van der Waals surface area contributed by atoms with Gasteiger partial charge in [0.2, 0.25) is 0 Å². The van der Waals surface area contributed by atoms with Gasteiger partial charge in [-0.15, -0.1) is 0 Å². The second kappa shape index (κ2) is 9.23. The van der Waals surface area contributed by atoms with Gasteiger partial charge in [-0.05, 0) is 39.9 Å². The Hall–Kier alpha value is -3.02. The second-order valence-corrected chi connectivity index (χ2v) is 8.54. The van der Waals surface area contributed by atoms with Gasteiger partial charge in [-0.25, -0.2) is 9.59 Å². The lowest BCUT2D eigenvalue weighted by Gasteiger charge is -2.25. The lowest BCUT2D eigenvalue weighted by atomic mass is 9.98. The van der Waals surface area contributed by atoms with Crippen molar-refractivity contribution in [2.24, 2.45) is 0 Å². The van der Waals surface area contributed by atoms with Gasteiger partial charge in [0.15, 0.2) is 0 Å². The van der Waals surface area contributed by atoms with Gasteiger partial charge >= 0.3 is 12.1 Å². The first-order valence-corrected chi connectivity index (χ1v) is 10.9. The van der Waals surface area contributed by atoms with Crippen LogP contribution in [0.5, 0.6) is 0 Å². The van der Waals surface area contributed by atoms with Crippen LogP contribution >= 0.6 is 23.2 Å². The number of ether oxygens (including phenoxy) is 1. The standard InChI is InChI=1S/C25H21Cl2NO4/c1-28(23(24(29)30)13-15-10-11-21(26)22(27)12-15)25(31)32-14-20-18-8-4-2-6-16(18)17-7-3-5-9-19(17)20/h2-12,20,23H,13-14H2,1H3,(H,29,30)/t23-/m0/s1. The number of likely N-dealkylation sites (N-methyl/N-ethyl adjacent to an activating group) is 1. The number of carbonyl (C=O) groups is 2. The summed E-state index contributed by atoms with van der Waals surface area (Å²) in [6.07, 6.45) is -0.619. The summed E-state index contributed by atoms with van der Waals surface area (Å²) >= 11 is 12.0. The van der Waals surface area contributed by atoms with E-state index in [0.29, 0.717) is 15.6 Å². The Balaban J connectivity index is 1.48. The predicted octanol–water partition coefficient (Wildman–Crippen LogP) is 5.87. The van der Waals surface area contributed by atoms with Gasteiger partial charge in [-0.1, -0.05) is 77.8 Å². The van der Waals surface area contributed by atoms with Crippen LogP contribution in [0.4, 0.5) is 4.79 Å². The highest BCUT2D eigenvalue weighted by atomic mass is 35.5. The van der Waals surface area contributed by atoms with Gasteiger partial charge in [0.1, 0.15) is 12.6 Å². The highest BCUT2D eigenvalue weighted by Gasteiger charge is 2.32. The molecule has 0 bridgehead atoms. The minimum absolute atomic E-state index is 0.0763. The molecule has 0 unspecified atom stereocenters. The minimum atomic E-state index is -1.13.